The molecule has 2 heterocycles. The van der Waals surface area contributed by atoms with E-state index in [-0.39, 0.29) is 73.2 Å². The Hall–Kier alpha value is -2.80. The number of hydrogen-bond donors (Lipinski definition) is 2. The summed E-state index contributed by atoms with van der Waals surface area (Å²) in [5.74, 6) is -1.28. The van der Waals surface area contributed by atoms with Gasteiger partial charge in [-0.05, 0) is 49.9 Å². The molecule has 1 aromatic carbocycles. The number of nitrogens with zero attached hydrogens (tertiary/aromatic N) is 2. The van der Waals surface area contributed by atoms with Crippen LogP contribution in [0.3, 0.4) is 0 Å². The van der Waals surface area contributed by atoms with Crippen molar-refractivity contribution in [2.75, 3.05) is 36.5 Å². The van der Waals surface area contributed by atoms with Crippen molar-refractivity contribution in [2.45, 2.75) is 56.8 Å². The largest absolute Gasteiger partial charge is 0.433 e. The molecular formula is C26H29ClF2N4O5S. The van der Waals surface area contributed by atoms with Gasteiger partial charge in [0.15, 0.2) is 5.75 Å². The third kappa shape index (κ3) is 6.68. The maximum absolute atomic E-state index is 13.7. The van der Waals surface area contributed by atoms with Crippen LogP contribution in [-0.4, -0.2) is 73.7 Å². The number of alkyl halides is 2. The van der Waals surface area contributed by atoms with Gasteiger partial charge in [0.1, 0.15) is 12.6 Å². The van der Waals surface area contributed by atoms with E-state index in [2.05, 4.69) is 15.5 Å². The molecule has 2 N–H and O–H groups in total. The van der Waals surface area contributed by atoms with E-state index in [0.717, 1.165) is 43.4 Å². The van der Waals surface area contributed by atoms with E-state index in [9.17, 15) is 23.2 Å². The molecule has 3 fully saturated rings. The third-order valence-electron chi connectivity index (χ3n) is 7.10. The van der Waals surface area contributed by atoms with Crippen LogP contribution in [0.4, 0.5) is 20.2 Å². The Morgan fingerprint density at radius 3 is 2.56 bits per heavy atom. The summed E-state index contributed by atoms with van der Waals surface area (Å²) in [5.41, 5.74) is 0.417. The van der Waals surface area contributed by atoms with Gasteiger partial charge in [-0.25, -0.2) is 0 Å². The van der Waals surface area contributed by atoms with Crippen molar-refractivity contribution in [3.8, 4) is 5.75 Å². The average Bonchev–Trinajstić information content (AvgIpc) is 3.61. The lowest BCUT2D eigenvalue weighted by Crippen LogP contribution is -2.57. The summed E-state index contributed by atoms with van der Waals surface area (Å²) >= 11 is 7.13. The highest BCUT2D eigenvalue weighted by atomic mass is 35.5. The number of nitrogens with one attached hydrogen (secondary N) is 2. The minimum Gasteiger partial charge on any atom is -0.433 e. The fraction of sp³-hybridized carbons (Fsp3) is 0.500. The van der Waals surface area contributed by atoms with Crippen LogP contribution in [0, 0.1) is 0 Å². The Labute approximate surface area is 233 Å². The number of morpholine rings is 1. The zero-order valence-electron chi connectivity index (χ0n) is 21.0. The lowest BCUT2D eigenvalue weighted by Gasteiger charge is -2.42. The molecule has 1 saturated heterocycles. The highest BCUT2D eigenvalue weighted by Gasteiger charge is 2.43. The number of hydrogen-bond acceptors (Lipinski definition) is 7. The molecule has 2 aliphatic carbocycles. The minimum atomic E-state index is -3.12. The number of amides is 3. The first-order valence-corrected chi connectivity index (χ1v) is 14.1. The van der Waals surface area contributed by atoms with Crippen molar-refractivity contribution in [2.24, 2.45) is 0 Å². The van der Waals surface area contributed by atoms with Gasteiger partial charge in [0, 0.05) is 36.9 Å². The lowest BCUT2D eigenvalue weighted by molar-refractivity contribution is -0.126. The Kier molecular flexibility index (Phi) is 8.65. The maximum Gasteiger partial charge on any atom is 0.387 e. The summed E-state index contributed by atoms with van der Waals surface area (Å²) in [6.07, 6.45) is 4.98. The first-order valence-electron chi connectivity index (χ1n) is 12.9. The summed E-state index contributed by atoms with van der Waals surface area (Å²) in [7, 11) is 0. The molecular weight excluding hydrogens is 554 g/mol. The van der Waals surface area contributed by atoms with Gasteiger partial charge < -0.3 is 25.0 Å². The van der Waals surface area contributed by atoms with Crippen molar-refractivity contribution < 1.29 is 32.6 Å². The van der Waals surface area contributed by atoms with Gasteiger partial charge in [0.2, 0.25) is 5.91 Å². The zero-order valence-corrected chi connectivity index (χ0v) is 22.6. The summed E-state index contributed by atoms with van der Waals surface area (Å²) in [4.78, 5) is 42.7. The lowest BCUT2D eigenvalue weighted by atomic mass is 9.89. The molecule has 3 aliphatic rings. The third-order valence-corrected chi connectivity index (χ3v) is 8.33. The summed E-state index contributed by atoms with van der Waals surface area (Å²) in [6.45, 7) is -2.74. The average molecular weight is 583 g/mol. The second-order valence-electron chi connectivity index (χ2n) is 9.74. The van der Waals surface area contributed by atoms with E-state index >= 15 is 0 Å². The predicted octanol–water partition coefficient (Wildman–Crippen LogP) is 4.12. The first-order chi connectivity index (χ1) is 18.8. The number of benzene rings is 1. The maximum atomic E-state index is 13.7. The van der Waals surface area contributed by atoms with E-state index in [1.165, 1.54) is 17.0 Å². The van der Waals surface area contributed by atoms with Crippen molar-refractivity contribution in [3.05, 3.63) is 39.5 Å². The van der Waals surface area contributed by atoms with Gasteiger partial charge in [-0.15, -0.1) is 11.3 Å². The van der Waals surface area contributed by atoms with Crippen LogP contribution in [0.15, 0.2) is 30.3 Å². The molecule has 0 bridgehead atoms. The fourth-order valence-corrected chi connectivity index (χ4v) is 5.87. The Morgan fingerprint density at radius 1 is 1.18 bits per heavy atom. The molecule has 39 heavy (non-hydrogen) atoms. The standard InChI is InChI=1S/C26H29ClF2N4O5S/c27-22-9-8-21(39-22)25(36)30-13-19(33(17-5-6-17)16-2-1-3-16)24(35)31-15-4-7-18(20(12-15)38-26(28)29)32-10-11-37-14-23(32)34/h4,7-9,12,16-17,19,26H,1-3,5-6,10-11,13-14H2,(H,30,36)(H,31,35)/t19-/m1/s1. The smallest absolute Gasteiger partial charge is 0.387 e. The molecule has 9 nitrogen and oxygen atoms in total. The molecule has 3 amide bonds. The number of halogens is 3. The molecule has 2 aromatic rings. The van der Waals surface area contributed by atoms with Gasteiger partial charge in [-0.3, -0.25) is 19.3 Å². The molecule has 0 spiro atoms. The molecule has 1 aliphatic heterocycles. The van der Waals surface area contributed by atoms with Crippen LogP contribution in [0.25, 0.3) is 0 Å². The van der Waals surface area contributed by atoms with Crippen LogP contribution in [0.1, 0.15) is 41.8 Å². The van der Waals surface area contributed by atoms with Gasteiger partial charge >= 0.3 is 6.61 Å². The van der Waals surface area contributed by atoms with Crippen molar-refractivity contribution in [1.82, 2.24) is 10.2 Å². The van der Waals surface area contributed by atoms with Crippen LogP contribution in [0.5, 0.6) is 5.75 Å². The molecule has 2 saturated carbocycles. The van der Waals surface area contributed by atoms with E-state index in [4.69, 9.17) is 21.1 Å². The minimum absolute atomic E-state index is 0.0773. The van der Waals surface area contributed by atoms with E-state index < -0.39 is 12.7 Å². The number of anilines is 2. The molecule has 0 radical (unpaired) electrons. The Bertz CT molecular complexity index is 1220. The SMILES string of the molecule is O=C(NC[C@H](C(=O)Nc1ccc(N2CCOCC2=O)c(OC(F)F)c1)N(C1CCC1)C1CC1)c1ccc(Cl)s1. The zero-order chi connectivity index (χ0) is 27.5. The van der Waals surface area contributed by atoms with Crippen LogP contribution in [0.2, 0.25) is 4.34 Å². The van der Waals surface area contributed by atoms with Crippen LogP contribution < -0.4 is 20.3 Å². The number of rotatable bonds is 11. The molecule has 5 rings (SSSR count). The van der Waals surface area contributed by atoms with Crippen LogP contribution in [-0.2, 0) is 14.3 Å². The number of carbonyl (C=O) groups is 3. The van der Waals surface area contributed by atoms with Crippen molar-refractivity contribution >= 4 is 52.0 Å². The van der Waals surface area contributed by atoms with Crippen molar-refractivity contribution in [1.29, 1.82) is 0 Å². The fourth-order valence-electron chi connectivity index (χ4n) is 4.91. The monoisotopic (exact) mass is 582 g/mol. The topological polar surface area (TPSA) is 100 Å². The van der Waals surface area contributed by atoms with Gasteiger partial charge in [-0.1, -0.05) is 18.0 Å². The highest BCUT2D eigenvalue weighted by Crippen LogP contribution is 2.38. The van der Waals surface area contributed by atoms with E-state index in [1.807, 2.05) is 0 Å². The Balaban J connectivity index is 1.36. The van der Waals surface area contributed by atoms with Crippen molar-refractivity contribution in [3.63, 3.8) is 0 Å². The normalized spacial score (nSPS) is 18.7. The predicted molar refractivity (Wildman–Crippen MR) is 143 cm³/mol. The molecule has 1 aromatic heterocycles. The summed E-state index contributed by atoms with van der Waals surface area (Å²) in [5, 5.41) is 5.70. The van der Waals surface area contributed by atoms with Crippen LogP contribution >= 0.6 is 22.9 Å². The quantitative estimate of drug-likeness (QED) is 0.413. The van der Waals surface area contributed by atoms with Gasteiger partial charge in [-0.2, -0.15) is 8.78 Å². The van der Waals surface area contributed by atoms with Gasteiger partial charge in [0.05, 0.1) is 21.5 Å². The molecule has 1 atom stereocenters. The van der Waals surface area contributed by atoms with Gasteiger partial charge in [0.25, 0.3) is 11.8 Å². The number of thiophene rings is 1. The number of carbonyl (C=O) groups excluding carboxylic acids is 3. The molecule has 210 valence electrons. The number of ether oxygens (including phenoxy) is 2. The summed E-state index contributed by atoms with van der Waals surface area (Å²) in [6, 6.07) is 7.41. The second kappa shape index (κ2) is 12.2. The molecule has 13 heteroatoms. The second-order valence-corrected chi connectivity index (χ2v) is 11.5. The molecule has 0 unspecified atom stereocenters. The summed E-state index contributed by atoms with van der Waals surface area (Å²) < 4.78 is 36.8. The first kappa shape index (κ1) is 27.8. The van der Waals surface area contributed by atoms with E-state index in [0.29, 0.717) is 9.21 Å². The van der Waals surface area contributed by atoms with E-state index in [1.54, 1.807) is 18.2 Å². The highest BCUT2D eigenvalue weighted by molar-refractivity contribution is 7.18. The Morgan fingerprint density at radius 2 is 1.95 bits per heavy atom.